The Hall–Kier alpha value is -0.0800. The normalized spacial score (nSPS) is 11.6. The second-order valence-corrected chi connectivity index (χ2v) is 4.26. The van der Waals surface area contributed by atoms with Crippen molar-refractivity contribution in [3.63, 3.8) is 0 Å². The van der Waals surface area contributed by atoms with Crippen LogP contribution in [-0.2, 0) is 0 Å². The molecule has 0 amide bonds. The van der Waals surface area contributed by atoms with E-state index >= 15 is 0 Å². The fourth-order valence-corrected chi connectivity index (χ4v) is 2.01. The van der Waals surface area contributed by atoms with Crippen molar-refractivity contribution >= 4 is 0 Å². The highest BCUT2D eigenvalue weighted by atomic mass is 15.1. The predicted octanol–water partition coefficient (Wildman–Crippen LogP) is 2.89. The highest BCUT2D eigenvalue weighted by molar-refractivity contribution is 4.66. The van der Waals surface area contributed by atoms with Gasteiger partial charge in [0.05, 0.1) is 0 Å². The van der Waals surface area contributed by atoms with Gasteiger partial charge < -0.3 is 10.2 Å². The molecule has 1 N–H and O–H groups in total. The lowest BCUT2D eigenvalue weighted by molar-refractivity contribution is 0.292. The molecular weight excluding hydrogens is 184 g/mol. The second-order valence-electron chi connectivity index (χ2n) is 4.26. The molecule has 0 aromatic carbocycles. The molecule has 0 saturated heterocycles. The molecule has 0 fully saturated rings. The van der Waals surface area contributed by atoms with E-state index < -0.39 is 0 Å². The van der Waals surface area contributed by atoms with Crippen LogP contribution in [-0.4, -0.2) is 37.1 Å². The number of nitrogens with one attached hydrogen (secondary N) is 1. The van der Waals surface area contributed by atoms with E-state index in [2.05, 4.69) is 37.9 Å². The van der Waals surface area contributed by atoms with Gasteiger partial charge in [-0.3, -0.25) is 0 Å². The molecule has 0 aromatic heterocycles. The van der Waals surface area contributed by atoms with Crippen LogP contribution in [0.5, 0.6) is 0 Å². The standard InChI is InChI=1S/C13H30N2/c1-5-9-13(10-6-2)14-11-12-15(7-3)8-4/h13-14H,5-12H2,1-4H3. The highest BCUT2D eigenvalue weighted by Crippen LogP contribution is 2.03. The summed E-state index contributed by atoms with van der Waals surface area (Å²) in [5.41, 5.74) is 0. The van der Waals surface area contributed by atoms with Crippen LogP contribution in [0.15, 0.2) is 0 Å². The number of rotatable bonds is 10. The Labute approximate surface area is 96.4 Å². The first-order valence-electron chi connectivity index (χ1n) is 6.74. The van der Waals surface area contributed by atoms with Crippen LogP contribution in [0.2, 0.25) is 0 Å². The average Bonchev–Trinajstić information content (AvgIpc) is 2.25. The monoisotopic (exact) mass is 214 g/mol. The van der Waals surface area contributed by atoms with Gasteiger partial charge >= 0.3 is 0 Å². The molecule has 0 heterocycles. The Morgan fingerprint density at radius 2 is 1.47 bits per heavy atom. The van der Waals surface area contributed by atoms with E-state index in [0.29, 0.717) is 0 Å². The summed E-state index contributed by atoms with van der Waals surface area (Å²) in [6.45, 7) is 13.7. The maximum atomic E-state index is 3.68. The number of hydrogen-bond donors (Lipinski definition) is 1. The molecule has 15 heavy (non-hydrogen) atoms. The zero-order chi connectivity index (χ0) is 11.5. The van der Waals surface area contributed by atoms with E-state index in [1.54, 1.807) is 0 Å². The van der Waals surface area contributed by atoms with Crippen LogP contribution in [0.25, 0.3) is 0 Å². The fourth-order valence-electron chi connectivity index (χ4n) is 2.01. The summed E-state index contributed by atoms with van der Waals surface area (Å²) in [5, 5.41) is 3.68. The topological polar surface area (TPSA) is 15.3 Å². The first-order chi connectivity index (χ1) is 7.28. The molecule has 0 aromatic rings. The van der Waals surface area contributed by atoms with Gasteiger partial charge in [0.1, 0.15) is 0 Å². The Kier molecular flexibility index (Phi) is 10.4. The summed E-state index contributed by atoms with van der Waals surface area (Å²) >= 11 is 0. The molecular formula is C13H30N2. The molecule has 0 saturated carbocycles. The Morgan fingerprint density at radius 1 is 0.933 bits per heavy atom. The first kappa shape index (κ1) is 14.9. The van der Waals surface area contributed by atoms with Gasteiger partial charge in [0.25, 0.3) is 0 Å². The van der Waals surface area contributed by atoms with E-state index in [4.69, 9.17) is 0 Å². The quantitative estimate of drug-likeness (QED) is 0.601. The summed E-state index contributed by atoms with van der Waals surface area (Å²) in [6.07, 6.45) is 5.24. The van der Waals surface area contributed by atoms with E-state index in [9.17, 15) is 0 Å². The van der Waals surface area contributed by atoms with Gasteiger partial charge in [0.2, 0.25) is 0 Å². The average molecular weight is 214 g/mol. The van der Waals surface area contributed by atoms with Crippen LogP contribution >= 0.6 is 0 Å². The van der Waals surface area contributed by atoms with Crippen LogP contribution in [0.3, 0.4) is 0 Å². The van der Waals surface area contributed by atoms with E-state index in [1.807, 2.05) is 0 Å². The SMILES string of the molecule is CCCC(CCC)NCCN(CC)CC. The molecule has 0 aliphatic rings. The molecule has 92 valence electrons. The molecule has 0 aliphatic heterocycles. The van der Waals surface area contributed by atoms with Crippen molar-refractivity contribution in [1.82, 2.24) is 10.2 Å². The van der Waals surface area contributed by atoms with Crippen molar-refractivity contribution in [3.05, 3.63) is 0 Å². The van der Waals surface area contributed by atoms with E-state index in [0.717, 1.165) is 12.6 Å². The maximum absolute atomic E-state index is 3.68. The van der Waals surface area contributed by atoms with Gasteiger partial charge in [0.15, 0.2) is 0 Å². The fraction of sp³-hybridized carbons (Fsp3) is 1.00. The van der Waals surface area contributed by atoms with Gasteiger partial charge in [-0.15, -0.1) is 0 Å². The van der Waals surface area contributed by atoms with Gasteiger partial charge in [-0.1, -0.05) is 40.5 Å². The van der Waals surface area contributed by atoms with Gasteiger partial charge in [-0.25, -0.2) is 0 Å². The minimum Gasteiger partial charge on any atom is -0.313 e. The molecule has 2 nitrogen and oxygen atoms in total. The van der Waals surface area contributed by atoms with E-state index in [1.165, 1.54) is 45.3 Å². The maximum Gasteiger partial charge on any atom is 0.0107 e. The van der Waals surface area contributed by atoms with Crippen molar-refractivity contribution in [2.24, 2.45) is 0 Å². The molecule has 0 radical (unpaired) electrons. The summed E-state index contributed by atoms with van der Waals surface area (Å²) in [6, 6.07) is 0.746. The zero-order valence-electron chi connectivity index (χ0n) is 11.2. The summed E-state index contributed by atoms with van der Waals surface area (Å²) < 4.78 is 0. The van der Waals surface area contributed by atoms with Gasteiger partial charge in [-0.05, 0) is 25.9 Å². The number of likely N-dealkylation sites (N-methyl/N-ethyl adjacent to an activating group) is 1. The zero-order valence-corrected chi connectivity index (χ0v) is 11.2. The summed E-state index contributed by atoms with van der Waals surface area (Å²) in [5.74, 6) is 0. The third kappa shape index (κ3) is 7.80. The van der Waals surface area contributed by atoms with Crippen molar-refractivity contribution < 1.29 is 0 Å². The highest BCUT2D eigenvalue weighted by Gasteiger charge is 2.05. The molecule has 0 rings (SSSR count). The number of hydrogen-bond acceptors (Lipinski definition) is 2. The lowest BCUT2D eigenvalue weighted by atomic mass is 10.1. The molecule has 0 spiro atoms. The van der Waals surface area contributed by atoms with Crippen molar-refractivity contribution in [2.45, 2.75) is 59.4 Å². The van der Waals surface area contributed by atoms with Crippen molar-refractivity contribution in [3.8, 4) is 0 Å². The molecule has 0 aliphatic carbocycles. The van der Waals surface area contributed by atoms with Crippen molar-refractivity contribution in [1.29, 1.82) is 0 Å². The van der Waals surface area contributed by atoms with Gasteiger partial charge in [-0.2, -0.15) is 0 Å². The lowest BCUT2D eigenvalue weighted by Gasteiger charge is -2.22. The molecule has 0 bridgehead atoms. The number of nitrogens with zero attached hydrogens (tertiary/aromatic N) is 1. The summed E-state index contributed by atoms with van der Waals surface area (Å²) in [7, 11) is 0. The Morgan fingerprint density at radius 3 is 1.87 bits per heavy atom. The third-order valence-corrected chi connectivity index (χ3v) is 3.03. The van der Waals surface area contributed by atoms with Crippen LogP contribution < -0.4 is 5.32 Å². The van der Waals surface area contributed by atoms with Crippen LogP contribution in [0.4, 0.5) is 0 Å². The van der Waals surface area contributed by atoms with Crippen molar-refractivity contribution in [2.75, 3.05) is 26.2 Å². The lowest BCUT2D eigenvalue weighted by Crippen LogP contribution is -2.37. The summed E-state index contributed by atoms with van der Waals surface area (Å²) in [4.78, 5) is 2.47. The predicted molar refractivity (Wildman–Crippen MR) is 69.4 cm³/mol. The molecule has 0 atom stereocenters. The first-order valence-corrected chi connectivity index (χ1v) is 6.74. The Balaban J connectivity index is 3.59. The van der Waals surface area contributed by atoms with Crippen LogP contribution in [0, 0.1) is 0 Å². The second kappa shape index (κ2) is 10.4. The minimum atomic E-state index is 0.746. The van der Waals surface area contributed by atoms with Crippen LogP contribution in [0.1, 0.15) is 53.4 Å². The molecule has 0 unspecified atom stereocenters. The molecule has 2 heteroatoms. The van der Waals surface area contributed by atoms with E-state index in [-0.39, 0.29) is 0 Å². The Bertz CT molecular complexity index is 116. The van der Waals surface area contributed by atoms with Gasteiger partial charge in [0, 0.05) is 19.1 Å². The largest absolute Gasteiger partial charge is 0.313 e. The third-order valence-electron chi connectivity index (χ3n) is 3.03. The minimum absolute atomic E-state index is 0.746. The smallest absolute Gasteiger partial charge is 0.0107 e.